The predicted octanol–water partition coefficient (Wildman–Crippen LogP) is 1.49. The highest BCUT2D eigenvalue weighted by atomic mass is 79.9. The van der Waals surface area contributed by atoms with Crippen LogP contribution in [0.15, 0.2) is 26.8 Å². The summed E-state index contributed by atoms with van der Waals surface area (Å²) in [7, 11) is 3.69. The van der Waals surface area contributed by atoms with E-state index in [1.807, 2.05) is 0 Å². The predicted molar refractivity (Wildman–Crippen MR) is 83.6 cm³/mol. The lowest BCUT2D eigenvalue weighted by Gasteiger charge is -2.22. The minimum Gasteiger partial charge on any atom is -0.367 e. The molecule has 1 heterocycles. The van der Waals surface area contributed by atoms with Gasteiger partial charge in [0.05, 0.1) is 11.6 Å². The van der Waals surface area contributed by atoms with E-state index in [1.165, 1.54) is 21.3 Å². The summed E-state index contributed by atoms with van der Waals surface area (Å²) >= 11 is 2.86. The molecular weight excluding hydrogens is 392 g/mol. The first-order valence-corrected chi connectivity index (χ1v) is 7.30. The van der Waals surface area contributed by atoms with Gasteiger partial charge in [-0.05, 0) is 28.1 Å². The zero-order chi connectivity index (χ0) is 18.0. The molecule has 0 N–H and O–H groups in total. The van der Waals surface area contributed by atoms with Crippen molar-refractivity contribution < 1.29 is 27.9 Å². The van der Waals surface area contributed by atoms with E-state index >= 15 is 0 Å². The Kier molecular flexibility index (Phi) is 5.52. The van der Waals surface area contributed by atoms with Gasteiger partial charge in [0.2, 0.25) is 5.78 Å². The molecule has 0 radical (unpaired) electrons. The molecule has 1 aromatic carbocycles. The van der Waals surface area contributed by atoms with Crippen LogP contribution in [-0.2, 0) is 19.2 Å². The van der Waals surface area contributed by atoms with Crippen LogP contribution in [0.2, 0.25) is 0 Å². The van der Waals surface area contributed by atoms with Crippen LogP contribution in [0, 0.1) is 11.6 Å². The normalized spacial score (nSPS) is 17.4. The Labute approximate surface area is 144 Å². The highest BCUT2D eigenvalue weighted by Crippen LogP contribution is 2.23. The molecule has 0 bridgehead atoms. The van der Waals surface area contributed by atoms with E-state index in [1.54, 1.807) is 0 Å². The number of halogens is 3. The van der Waals surface area contributed by atoms with Crippen LogP contribution in [0.4, 0.5) is 8.78 Å². The first-order valence-electron chi connectivity index (χ1n) is 6.51. The van der Waals surface area contributed by atoms with E-state index in [0.29, 0.717) is 0 Å². The van der Waals surface area contributed by atoms with Crippen molar-refractivity contribution in [2.24, 2.45) is 10.2 Å². The summed E-state index contributed by atoms with van der Waals surface area (Å²) in [4.78, 5) is 29.1. The standard InChI is InChI=1S/C14H12BrF2N3O4/c1-20(24-3)14(22)11-12(21)13(23-2)10(18-19-11)6-4-9(17)7(15)5-8(6)16/h4-5,13H,1-3H3. The Bertz CT molecular complexity index is 767. The molecule has 1 aliphatic rings. The topological polar surface area (TPSA) is 80.6 Å². The summed E-state index contributed by atoms with van der Waals surface area (Å²) in [5.41, 5.74) is -1.05. The summed E-state index contributed by atoms with van der Waals surface area (Å²) in [5.74, 6) is -3.24. The highest BCUT2D eigenvalue weighted by molar-refractivity contribution is 9.10. The molecule has 0 aliphatic carbocycles. The summed E-state index contributed by atoms with van der Waals surface area (Å²) in [5, 5.41) is 8.00. The van der Waals surface area contributed by atoms with E-state index < -0.39 is 35.1 Å². The number of methoxy groups -OCH3 is 1. The lowest BCUT2D eigenvalue weighted by molar-refractivity contribution is -0.160. The molecule has 24 heavy (non-hydrogen) atoms. The van der Waals surface area contributed by atoms with Gasteiger partial charge in [0.15, 0.2) is 11.8 Å². The molecule has 1 aliphatic heterocycles. The summed E-state index contributed by atoms with van der Waals surface area (Å²) in [6.45, 7) is 0. The summed E-state index contributed by atoms with van der Waals surface area (Å²) in [6.07, 6.45) is -1.40. The maximum absolute atomic E-state index is 14.1. The van der Waals surface area contributed by atoms with Gasteiger partial charge < -0.3 is 4.74 Å². The zero-order valence-electron chi connectivity index (χ0n) is 12.8. The average molecular weight is 404 g/mol. The van der Waals surface area contributed by atoms with Crippen molar-refractivity contribution in [3.05, 3.63) is 33.8 Å². The van der Waals surface area contributed by atoms with Crippen molar-refractivity contribution in [1.29, 1.82) is 0 Å². The number of Topliss-reactive ketones (excluding diaryl/α,β-unsaturated/α-hetero) is 1. The minimum atomic E-state index is -1.40. The fourth-order valence-electron chi connectivity index (χ4n) is 1.97. The second-order valence-electron chi connectivity index (χ2n) is 4.65. The van der Waals surface area contributed by atoms with Crippen molar-refractivity contribution in [1.82, 2.24) is 5.06 Å². The second-order valence-corrected chi connectivity index (χ2v) is 5.50. The fourth-order valence-corrected chi connectivity index (χ4v) is 2.28. The van der Waals surface area contributed by atoms with Gasteiger partial charge in [-0.25, -0.2) is 13.8 Å². The maximum Gasteiger partial charge on any atom is 0.301 e. The van der Waals surface area contributed by atoms with Gasteiger partial charge in [-0.1, -0.05) is 0 Å². The zero-order valence-corrected chi connectivity index (χ0v) is 14.4. The Hall–Kier alpha value is -2.04. The van der Waals surface area contributed by atoms with E-state index in [9.17, 15) is 18.4 Å². The van der Waals surface area contributed by atoms with Crippen molar-refractivity contribution in [3.63, 3.8) is 0 Å². The maximum atomic E-state index is 14.1. The number of hydrogen-bond donors (Lipinski definition) is 0. The highest BCUT2D eigenvalue weighted by Gasteiger charge is 2.38. The first kappa shape index (κ1) is 18.3. The number of hydrogen-bond acceptors (Lipinski definition) is 6. The Morgan fingerprint density at radius 2 is 1.92 bits per heavy atom. The molecule has 0 aromatic heterocycles. The van der Waals surface area contributed by atoms with E-state index in [2.05, 4.69) is 31.0 Å². The summed E-state index contributed by atoms with van der Waals surface area (Å²) < 4.78 is 32.7. The van der Waals surface area contributed by atoms with E-state index in [4.69, 9.17) is 4.74 Å². The number of benzene rings is 1. The monoisotopic (exact) mass is 403 g/mol. The van der Waals surface area contributed by atoms with Crippen molar-refractivity contribution in [2.45, 2.75) is 6.10 Å². The first-order chi connectivity index (χ1) is 11.3. The smallest absolute Gasteiger partial charge is 0.301 e. The second kappa shape index (κ2) is 7.24. The number of hydroxylamine groups is 2. The van der Waals surface area contributed by atoms with Gasteiger partial charge >= 0.3 is 5.91 Å². The number of amides is 1. The number of ether oxygens (including phenoxy) is 1. The molecule has 0 saturated heterocycles. The number of nitrogens with zero attached hydrogens (tertiary/aromatic N) is 3. The van der Waals surface area contributed by atoms with Crippen LogP contribution in [0.5, 0.6) is 0 Å². The van der Waals surface area contributed by atoms with Crippen LogP contribution in [0.1, 0.15) is 5.56 Å². The van der Waals surface area contributed by atoms with Gasteiger partial charge in [-0.15, -0.1) is 5.10 Å². The Morgan fingerprint density at radius 3 is 2.50 bits per heavy atom. The van der Waals surface area contributed by atoms with Gasteiger partial charge in [0.1, 0.15) is 17.3 Å². The molecule has 7 nitrogen and oxygen atoms in total. The van der Waals surface area contributed by atoms with E-state index in [-0.39, 0.29) is 15.7 Å². The lowest BCUT2D eigenvalue weighted by atomic mass is 9.97. The fraction of sp³-hybridized carbons (Fsp3) is 0.286. The largest absolute Gasteiger partial charge is 0.367 e. The molecule has 1 atom stereocenters. The molecule has 1 unspecified atom stereocenters. The van der Waals surface area contributed by atoms with Crippen LogP contribution in [-0.4, -0.2) is 55.5 Å². The van der Waals surface area contributed by atoms with E-state index in [0.717, 1.165) is 17.2 Å². The van der Waals surface area contributed by atoms with Crippen LogP contribution in [0.25, 0.3) is 0 Å². The molecular formula is C14H12BrF2N3O4. The molecule has 128 valence electrons. The van der Waals surface area contributed by atoms with Gasteiger partial charge in [0, 0.05) is 19.7 Å². The Morgan fingerprint density at radius 1 is 1.25 bits per heavy atom. The molecule has 0 spiro atoms. The average Bonchev–Trinajstić information content (AvgIpc) is 2.56. The third kappa shape index (κ3) is 3.25. The molecule has 1 aromatic rings. The number of ketones is 1. The number of rotatable bonds is 4. The molecule has 2 rings (SSSR count). The molecule has 1 amide bonds. The number of carbonyl (C=O) groups excluding carboxylic acids is 2. The number of carbonyl (C=O) groups is 2. The summed E-state index contributed by atoms with van der Waals surface area (Å²) in [6, 6.07) is 1.76. The molecule has 0 saturated carbocycles. The van der Waals surface area contributed by atoms with Gasteiger partial charge in [0.25, 0.3) is 0 Å². The molecule has 10 heteroatoms. The lowest BCUT2D eigenvalue weighted by Crippen LogP contribution is -2.47. The van der Waals surface area contributed by atoms with Crippen molar-refractivity contribution >= 4 is 39.0 Å². The van der Waals surface area contributed by atoms with Gasteiger partial charge in [-0.3, -0.25) is 14.4 Å². The third-order valence-corrected chi connectivity index (χ3v) is 3.87. The van der Waals surface area contributed by atoms with Crippen LogP contribution < -0.4 is 0 Å². The minimum absolute atomic E-state index is 0.0819. The quantitative estimate of drug-likeness (QED) is 0.563. The van der Waals surface area contributed by atoms with Crippen molar-refractivity contribution in [2.75, 3.05) is 21.3 Å². The SMILES string of the molecule is COC1C(=O)C(C(=O)N(C)OC)=NN=C1c1cc(F)c(Br)cc1F. The Balaban J connectivity index is 2.53. The van der Waals surface area contributed by atoms with Crippen LogP contribution >= 0.6 is 15.9 Å². The third-order valence-electron chi connectivity index (χ3n) is 3.26. The molecule has 0 fully saturated rings. The van der Waals surface area contributed by atoms with Crippen LogP contribution in [0.3, 0.4) is 0 Å². The van der Waals surface area contributed by atoms with Gasteiger partial charge in [-0.2, -0.15) is 5.10 Å². The van der Waals surface area contributed by atoms with Crippen molar-refractivity contribution in [3.8, 4) is 0 Å².